The van der Waals surface area contributed by atoms with E-state index in [0.717, 1.165) is 58.5 Å². The molecule has 0 aromatic rings. The number of nitrogens with one attached hydrogen (secondary N) is 3. The fourth-order valence-corrected chi connectivity index (χ4v) is 3.86. The van der Waals surface area contributed by atoms with Crippen LogP contribution in [0.25, 0.3) is 0 Å². The van der Waals surface area contributed by atoms with E-state index in [9.17, 15) is 9.59 Å². The Morgan fingerprint density at radius 3 is 1.69 bits per heavy atom. The first-order valence-corrected chi connectivity index (χ1v) is 12.9. The molecule has 0 bridgehead atoms. The van der Waals surface area contributed by atoms with Gasteiger partial charge in [0.2, 0.25) is 11.8 Å². The first-order chi connectivity index (χ1) is 17.2. The van der Waals surface area contributed by atoms with Crippen molar-refractivity contribution in [2.45, 2.75) is 50.6 Å². The second-order valence-electron chi connectivity index (χ2n) is 9.16. The Bertz CT molecular complexity index is 629. The van der Waals surface area contributed by atoms with Gasteiger partial charge in [0, 0.05) is 45.8 Å². The van der Waals surface area contributed by atoms with Crippen molar-refractivity contribution in [3.8, 4) is 0 Å². The Labute approximate surface area is 214 Å². The zero-order valence-electron chi connectivity index (χ0n) is 21.6. The number of carbonyl (C=O) groups excluding carboxylic acids is 2. The van der Waals surface area contributed by atoms with E-state index in [0.29, 0.717) is 45.4 Å². The normalized spacial score (nSPS) is 16.1. The molecular formula is C22H49N12O2+. The summed E-state index contributed by atoms with van der Waals surface area (Å²) in [5.41, 5.74) is 33.0. The van der Waals surface area contributed by atoms with Gasteiger partial charge in [-0.15, -0.1) is 0 Å². The number of aliphatic imine (C=N–C) groups is 1. The summed E-state index contributed by atoms with van der Waals surface area (Å²) >= 11 is 0. The zero-order valence-corrected chi connectivity index (χ0v) is 21.6. The van der Waals surface area contributed by atoms with Gasteiger partial charge in [-0.1, -0.05) is 0 Å². The lowest BCUT2D eigenvalue weighted by Gasteiger charge is -2.34. The number of guanidine groups is 2. The van der Waals surface area contributed by atoms with Crippen LogP contribution in [0.4, 0.5) is 0 Å². The Morgan fingerprint density at radius 2 is 1.25 bits per heavy atom. The highest BCUT2D eigenvalue weighted by atomic mass is 16.2. The Kier molecular flexibility index (Phi) is 16.2. The molecule has 14 nitrogen and oxygen atoms in total. The summed E-state index contributed by atoms with van der Waals surface area (Å²) in [6, 6.07) is -1.06. The lowest BCUT2D eigenvalue weighted by molar-refractivity contribution is -0.459. The van der Waals surface area contributed by atoms with E-state index in [2.05, 4.69) is 30.4 Å². The van der Waals surface area contributed by atoms with Crippen molar-refractivity contribution < 1.29 is 14.6 Å². The van der Waals surface area contributed by atoms with Crippen LogP contribution >= 0.6 is 0 Å². The highest BCUT2D eigenvalue weighted by molar-refractivity contribution is 5.81. The van der Waals surface area contributed by atoms with Gasteiger partial charge in [-0.25, -0.2) is 0 Å². The van der Waals surface area contributed by atoms with E-state index >= 15 is 0 Å². The third-order valence-electron chi connectivity index (χ3n) is 6.03. The number of piperazine rings is 1. The van der Waals surface area contributed by atoms with Crippen molar-refractivity contribution >= 4 is 23.7 Å². The molecule has 0 aromatic heterocycles. The van der Waals surface area contributed by atoms with Crippen LogP contribution in [0.3, 0.4) is 0 Å². The summed E-state index contributed by atoms with van der Waals surface area (Å²) in [6.45, 7) is 8.15. The molecule has 14 heteroatoms. The third kappa shape index (κ3) is 15.3. The molecular weight excluding hydrogens is 464 g/mol. The molecule has 0 saturated carbocycles. The number of hydrogen-bond donors (Lipinski definition) is 9. The lowest BCUT2D eigenvalue weighted by atomic mass is 10.1. The minimum absolute atomic E-state index is 0.0490. The van der Waals surface area contributed by atoms with Gasteiger partial charge >= 0.3 is 5.96 Å². The molecule has 1 rings (SSSR count). The van der Waals surface area contributed by atoms with E-state index in [1.165, 1.54) is 0 Å². The Balaban J connectivity index is 2.04. The predicted molar refractivity (Wildman–Crippen MR) is 142 cm³/mol. The van der Waals surface area contributed by atoms with Crippen LogP contribution in [0.5, 0.6) is 0 Å². The van der Waals surface area contributed by atoms with E-state index in [1.807, 2.05) is 0 Å². The molecule has 0 radical (unpaired) electrons. The number of hydrogen-bond acceptors (Lipinski definition) is 7. The summed E-state index contributed by atoms with van der Waals surface area (Å²) in [5, 5.41) is 5.82. The van der Waals surface area contributed by atoms with Gasteiger partial charge in [0.05, 0.1) is 18.6 Å². The second kappa shape index (κ2) is 18.6. The van der Waals surface area contributed by atoms with E-state index < -0.39 is 12.1 Å². The number of nitrogens with zero attached hydrogens (tertiary/aromatic N) is 3. The molecule has 0 spiro atoms. The van der Waals surface area contributed by atoms with Crippen LogP contribution in [0.2, 0.25) is 0 Å². The van der Waals surface area contributed by atoms with Gasteiger partial charge < -0.3 is 43.4 Å². The quantitative estimate of drug-likeness (QED) is 0.0477. The highest BCUT2D eigenvalue weighted by Gasteiger charge is 2.17. The van der Waals surface area contributed by atoms with E-state index in [-0.39, 0.29) is 23.7 Å². The molecule has 1 heterocycles. The zero-order chi connectivity index (χ0) is 26.8. The Hall–Kier alpha value is -2.68. The monoisotopic (exact) mass is 513 g/mol. The number of nitrogens with two attached hydrogens (primary N) is 6. The average Bonchev–Trinajstić information content (AvgIpc) is 2.84. The molecule has 2 unspecified atom stereocenters. The topological polar surface area (TPSA) is 247 Å². The van der Waals surface area contributed by atoms with Crippen molar-refractivity contribution in [3.63, 3.8) is 0 Å². The van der Waals surface area contributed by atoms with Crippen molar-refractivity contribution in [1.29, 1.82) is 0 Å². The van der Waals surface area contributed by atoms with Crippen molar-refractivity contribution in [1.82, 2.24) is 20.4 Å². The van der Waals surface area contributed by atoms with Crippen LogP contribution in [0.15, 0.2) is 4.99 Å². The molecule has 1 aliphatic heterocycles. The SMILES string of the molecule is NC(N)=NCCCC(N)C(=O)NCCCN1CCN(CCCNC(=O)C(N)CCC[NH+]=C(N)N)CC1. The van der Waals surface area contributed by atoms with Crippen LogP contribution in [0.1, 0.15) is 38.5 Å². The van der Waals surface area contributed by atoms with Crippen molar-refractivity contribution in [2.75, 3.05) is 65.4 Å². The summed E-state index contributed by atoms with van der Waals surface area (Å²) in [6.07, 6.45) is 4.27. The molecule has 1 aliphatic rings. The maximum Gasteiger partial charge on any atom is 0.338 e. The molecule has 1 fully saturated rings. The molecule has 36 heavy (non-hydrogen) atoms. The fourth-order valence-electron chi connectivity index (χ4n) is 3.86. The van der Waals surface area contributed by atoms with Gasteiger partial charge in [0.25, 0.3) is 0 Å². The van der Waals surface area contributed by atoms with Gasteiger partial charge in [0.15, 0.2) is 5.96 Å². The van der Waals surface area contributed by atoms with Crippen LogP contribution in [-0.2, 0) is 9.59 Å². The number of rotatable bonds is 18. The van der Waals surface area contributed by atoms with Gasteiger partial charge in [-0.3, -0.25) is 31.0 Å². The summed E-state index contributed by atoms with van der Waals surface area (Å²) < 4.78 is 0. The average molecular weight is 514 g/mol. The molecule has 1 saturated heterocycles. The predicted octanol–water partition coefficient (Wildman–Crippen LogP) is -5.54. The van der Waals surface area contributed by atoms with Crippen molar-refractivity contribution in [3.05, 3.63) is 0 Å². The van der Waals surface area contributed by atoms with Gasteiger partial charge in [-0.2, -0.15) is 0 Å². The molecule has 2 atom stereocenters. The summed E-state index contributed by atoms with van der Waals surface area (Å²) in [5.74, 6) is -0.0338. The highest BCUT2D eigenvalue weighted by Crippen LogP contribution is 2.03. The lowest BCUT2D eigenvalue weighted by Crippen LogP contribution is -2.78. The minimum atomic E-state index is -0.541. The molecule has 208 valence electrons. The maximum atomic E-state index is 12.1. The Morgan fingerprint density at radius 1 is 0.778 bits per heavy atom. The van der Waals surface area contributed by atoms with Crippen LogP contribution in [-0.4, -0.2) is 111 Å². The molecule has 2 amide bonds. The molecule has 0 aliphatic carbocycles. The first-order valence-electron chi connectivity index (χ1n) is 12.9. The number of carbonyl (C=O) groups is 2. The molecule has 15 N–H and O–H groups in total. The summed E-state index contributed by atoms with van der Waals surface area (Å²) in [4.78, 5) is 35.6. The van der Waals surface area contributed by atoms with Gasteiger partial charge in [0.1, 0.15) is 0 Å². The number of amides is 2. The van der Waals surface area contributed by atoms with Crippen LogP contribution < -0.4 is 50.0 Å². The standard InChI is InChI=1S/C22H48N12O2/c23-17(5-1-7-31-21(25)26)19(35)29-9-3-11-33-13-15-34(16-14-33)12-4-10-30-20(36)18(24)6-2-8-32-22(27)28/h17-18H,1-16,23-24H2,(H,29,35)(H,30,36)(H4,25,26,31)(H4,27,28,32)/p+1. The largest absolute Gasteiger partial charge is 0.370 e. The van der Waals surface area contributed by atoms with Crippen molar-refractivity contribution in [2.24, 2.45) is 39.4 Å². The third-order valence-corrected chi connectivity index (χ3v) is 6.03. The first kappa shape index (κ1) is 31.4. The smallest absolute Gasteiger partial charge is 0.338 e. The van der Waals surface area contributed by atoms with E-state index in [1.54, 1.807) is 0 Å². The minimum Gasteiger partial charge on any atom is -0.370 e. The molecule has 0 aromatic carbocycles. The second-order valence-corrected chi connectivity index (χ2v) is 9.16. The van der Waals surface area contributed by atoms with Crippen LogP contribution in [0, 0.1) is 0 Å². The fraction of sp³-hybridized carbons (Fsp3) is 0.818. The van der Waals surface area contributed by atoms with Gasteiger partial charge in [-0.05, 0) is 51.6 Å². The maximum absolute atomic E-state index is 12.1. The van der Waals surface area contributed by atoms with E-state index in [4.69, 9.17) is 34.4 Å². The summed E-state index contributed by atoms with van der Waals surface area (Å²) in [7, 11) is 0.